The maximum Gasteiger partial charge on any atom is 0.338 e. The van der Waals surface area contributed by atoms with Crippen LogP contribution in [0.1, 0.15) is 25.3 Å². The number of hydrogen-bond donors (Lipinski definition) is 1. The molecule has 0 radical (unpaired) electrons. The molecule has 1 aromatic carbocycles. The summed E-state index contributed by atoms with van der Waals surface area (Å²) in [6.07, 6.45) is 0. The van der Waals surface area contributed by atoms with Gasteiger partial charge in [-0.3, -0.25) is 0 Å². The molecule has 1 aliphatic rings. The Labute approximate surface area is 138 Å². The van der Waals surface area contributed by atoms with Gasteiger partial charge in [-0.15, -0.1) is 0 Å². The molecule has 2 rings (SSSR count). The number of carbonyl (C=O) groups is 1. The number of hydrogen-bond acceptors (Lipinski definition) is 6. The van der Waals surface area contributed by atoms with Crippen molar-refractivity contribution in [3.63, 3.8) is 0 Å². The van der Waals surface area contributed by atoms with Gasteiger partial charge in [0.05, 0.1) is 18.1 Å². The highest BCUT2D eigenvalue weighted by molar-refractivity contribution is 5.93. The third-order valence-electron chi connectivity index (χ3n) is 3.50. The van der Waals surface area contributed by atoms with E-state index in [1.165, 1.54) is 0 Å². The number of nitriles is 1. The second kappa shape index (κ2) is 7.22. The minimum absolute atomic E-state index is 0.0595. The van der Waals surface area contributed by atoms with Crippen molar-refractivity contribution in [2.75, 3.05) is 6.61 Å². The van der Waals surface area contributed by atoms with Gasteiger partial charge in [-0.05, 0) is 24.9 Å². The number of nitrogens with two attached hydrogens (primary N) is 1. The summed E-state index contributed by atoms with van der Waals surface area (Å²) in [4.78, 5) is 15.2. The third-order valence-corrected chi connectivity index (χ3v) is 3.50. The van der Waals surface area contributed by atoms with E-state index < -0.39 is 11.9 Å². The minimum Gasteiger partial charge on any atom is -0.463 e. The Morgan fingerprint density at radius 1 is 1.54 bits per heavy atom. The number of carbonyl (C=O) groups excluding carboxylic acids is 1. The summed E-state index contributed by atoms with van der Waals surface area (Å²) < 4.78 is 10.4. The zero-order chi connectivity index (χ0) is 17.7. The first kappa shape index (κ1) is 16.9. The van der Waals surface area contributed by atoms with Crippen LogP contribution < -0.4 is 5.73 Å². The van der Waals surface area contributed by atoms with Crippen molar-refractivity contribution in [3.05, 3.63) is 63.1 Å². The second-order valence-corrected chi connectivity index (χ2v) is 4.86. The molecule has 24 heavy (non-hydrogen) atoms. The van der Waals surface area contributed by atoms with Crippen LogP contribution in [-0.4, -0.2) is 12.6 Å². The van der Waals surface area contributed by atoms with Gasteiger partial charge in [0.1, 0.15) is 17.4 Å². The van der Waals surface area contributed by atoms with E-state index in [2.05, 4.69) is 10.0 Å². The van der Waals surface area contributed by atoms with Crippen LogP contribution in [0, 0.1) is 11.3 Å². The molecule has 1 aliphatic heterocycles. The average Bonchev–Trinajstić information content (AvgIpc) is 2.55. The van der Waals surface area contributed by atoms with Gasteiger partial charge in [0.15, 0.2) is 0 Å². The average molecular weight is 325 g/mol. The van der Waals surface area contributed by atoms with Crippen LogP contribution in [0.15, 0.2) is 52.2 Å². The van der Waals surface area contributed by atoms with Gasteiger partial charge in [0, 0.05) is 10.6 Å². The van der Waals surface area contributed by atoms with Crippen LogP contribution in [0.25, 0.3) is 10.4 Å². The number of nitrogens with zero attached hydrogens (tertiary/aromatic N) is 4. The van der Waals surface area contributed by atoms with Crippen LogP contribution in [0.2, 0.25) is 0 Å². The highest BCUT2D eigenvalue weighted by atomic mass is 16.5. The van der Waals surface area contributed by atoms with E-state index in [1.54, 1.807) is 38.1 Å². The van der Waals surface area contributed by atoms with Gasteiger partial charge in [0.2, 0.25) is 5.88 Å². The van der Waals surface area contributed by atoms with E-state index in [1.807, 2.05) is 6.07 Å². The molecular weight excluding hydrogens is 310 g/mol. The summed E-state index contributed by atoms with van der Waals surface area (Å²) >= 11 is 0. The Morgan fingerprint density at radius 2 is 2.25 bits per heavy atom. The Balaban J connectivity index is 2.72. The van der Waals surface area contributed by atoms with Gasteiger partial charge in [-0.25, -0.2) is 4.79 Å². The van der Waals surface area contributed by atoms with Crippen molar-refractivity contribution in [2.24, 2.45) is 10.8 Å². The van der Waals surface area contributed by atoms with Crippen LogP contribution in [0.4, 0.5) is 5.69 Å². The van der Waals surface area contributed by atoms with E-state index in [4.69, 9.17) is 20.7 Å². The number of allylic oxidation sites excluding steroid dienone is 2. The van der Waals surface area contributed by atoms with E-state index in [0.29, 0.717) is 11.3 Å². The summed E-state index contributed by atoms with van der Waals surface area (Å²) in [5.74, 6) is -1.30. The fourth-order valence-corrected chi connectivity index (χ4v) is 2.54. The van der Waals surface area contributed by atoms with Crippen LogP contribution in [-0.2, 0) is 14.3 Å². The summed E-state index contributed by atoms with van der Waals surface area (Å²) in [5, 5.41) is 13.1. The predicted octanol–water partition coefficient (Wildman–Crippen LogP) is 3.27. The summed E-state index contributed by atoms with van der Waals surface area (Å²) in [5.41, 5.74) is 15.6. The van der Waals surface area contributed by atoms with Crippen LogP contribution in [0.5, 0.6) is 0 Å². The molecule has 0 aliphatic carbocycles. The predicted molar refractivity (Wildman–Crippen MR) is 85.2 cm³/mol. The highest BCUT2D eigenvalue weighted by Crippen LogP contribution is 2.42. The Bertz CT molecular complexity index is 828. The highest BCUT2D eigenvalue weighted by Gasteiger charge is 2.37. The first-order valence-electron chi connectivity index (χ1n) is 7.14. The van der Waals surface area contributed by atoms with Crippen LogP contribution in [0.3, 0.4) is 0 Å². The van der Waals surface area contributed by atoms with Crippen molar-refractivity contribution in [1.82, 2.24) is 0 Å². The lowest BCUT2D eigenvalue weighted by Gasteiger charge is -2.27. The molecule has 8 heteroatoms. The van der Waals surface area contributed by atoms with Gasteiger partial charge in [0.25, 0.3) is 0 Å². The topological polar surface area (TPSA) is 134 Å². The molecule has 1 heterocycles. The van der Waals surface area contributed by atoms with Gasteiger partial charge < -0.3 is 15.2 Å². The van der Waals surface area contributed by atoms with Crippen molar-refractivity contribution >= 4 is 11.7 Å². The molecule has 122 valence electrons. The molecule has 0 saturated heterocycles. The third kappa shape index (κ3) is 3.02. The smallest absolute Gasteiger partial charge is 0.338 e. The van der Waals surface area contributed by atoms with Crippen LogP contribution >= 0.6 is 0 Å². The quantitative estimate of drug-likeness (QED) is 0.392. The van der Waals surface area contributed by atoms with Gasteiger partial charge >= 0.3 is 5.97 Å². The van der Waals surface area contributed by atoms with Crippen molar-refractivity contribution in [2.45, 2.75) is 19.8 Å². The molecule has 8 nitrogen and oxygen atoms in total. The summed E-state index contributed by atoms with van der Waals surface area (Å²) in [6, 6.07) is 8.63. The molecular formula is C16H15N5O3. The van der Waals surface area contributed by atoms with E-state index in [0.717, 1.165) is 0 Å². The zero-order valence-corrected chi connectivity index (χ0v) is 13.2. The molecule has 1 aromatic rings. The maximum absolute atomic E-state index is 12.4. The first-order valence-corrected chi connectivity index (χ1v) is 7.14. The monoisotopic (exact) mass is 325 g/mol. The number of azide groups is 1. The summed E-state index contributed by atoms with van der Waals surface area (Å²) in [7, 11) is 0. The Hall–Kier alpha value is -3.43. The Morgan fingerprint density at radius 3 is 2.88 bits per heavy atom. The summed E-state index contributed by atoms with van der Waals surface area (Å²) in [6.45, 7) is 3.41. The van der Waals surface area contributed by atoms with E-state index >= 15 is 0 Å². The molecule has 0 saturated carbocycles. The molecule has 2 N–H and O–H groups in total. The van der Waals surface area contributed by atoms with Crippen molar-refractivity contribution < 1.29 is 14.3 Å². The molecule has 0 fully saturated rings. The maximum atomic E-state index is 12.4. The van der Waals surface area contributed by atoms with Gasteiger partial charge in [-0.1, -0.05) is 29.4 Å². The standard InChI is InChI=1S/C16H15N5O3/c1-3-23-16(22)13-9(2)24-15(18)11(8-17)14(13)10-6-4-5-7-12(10)20-21-19/h4-7,14H,3,18H2,1-2H3. The number of rotatable bonds is 4. The Kier molecular flexibility index (Phi) is 5.09. The molecule has 1 unspecified atom stereocenters. The second-order valence-electron chi connectivity index (χ2n) is 4.86. The SMILES string of the molecule is CCOC(=O)C1=C(C)OC(N)=C(C#N)C1c1ccccc1N=[N+]=[N-]. The van der Waals surface area contributed by atoms with Crippen molar-refractivity contribution in [3.8, 4) is 6.07 Å². The molecule has 0 amide bonds. The molecule has 0 aromatic heterocycles. The lowest BCUT2D eigenvalue weighted by molar-refractivity contribution is -0.139. The lowest BCUT2D eigenvalue weighted by Crippen LogP contribution is -2.25. The fraction of sp³-hybridized carbons (Fsp3) is 0.250. The largest absolute Gasteiger partial charge is 0.463 e. The first-order chi connectivity index (χ1) is 11.5. The van der Waals surface area contributed by atoms with E-state index in [9.17, 15) is 10.1 Å². The fourth-order valence-electron chi connectivity index (χ4n) is 2.54. The number of benzene rings is 1. The lowest BCUT2D eigenvalue weighted by atomic mass is 9.82. The molecule has 0 bridgehead atoms. The zero-order valence-electron chi connectivity index (χ0n) is 13.2. The molecule has 1 atom stereocenters. The minimum atomic E-state index is -0.829. The normalized spacial score (nSPS) is 16.8. The molecule has 0 spiro atoms. The number of ether oxygens (including phenoxy) is 2. The van der Waals surface area contributed by atoms with Crippen molar-refractivity contribution in [1.29, 1.82) is 5.26 Å². The number of esters is 1. The van der Waals surface area contributed by atoms with Gasteiger partial charge in [-0.2, -0.15) is 5.26 Å². The van der Waals surface area contributed by atoms with E-state index in [-0.39, 0.29) is 29.4 Å².